The molecule has 162 valence electrons. The van der Waals surface area contributed by atoms with Gasteiger partial charge in [-0.05, 0) is 68.1 Å². The normalized spacial score (nSPS) is 18.4. The summed E-state index contributed by atoms with van der Waals surface area (Å²) in [6.07, 6.45) is 9.05. The third-order valence-electron chi connectivity index (χ3n) is 6.13. The second-order valence-electron chi connectivity index (χ2n) is 8.13. The average Bonchev–Trinajstić information content (AvgIpc) is 2.85. The van der Waals surface area contributed by atoms with Crippen molar-refractivity contribution in [3.63, 3.8) is 0 Å². The largest absolute Gasteiger partial charge is 0.497 e. The van der Waals surface area contributed by atoms with Crippen LogP contribution in [0.5, 0.6) is 5.75 Å². The fourth-order valence-electron chi connectivity index (χ4n) is 4.42. The predicted molar refractivity (Wildman–Crippen MR) is 125 cm³/mol. The van der Waals surface area contributed by atoms with E-state index in [-0.39, 0.29) is 11.6 Å². The number of benzene rings is 1. The molecule has 3 aromatic heterocycles. The standard InChI is InChI=1S/C25H25N5O2/c1-32-20-8-9-23-21(15-20)24(12-14-27-23)28-18-4-6-19(7-5-18)30-25(31)11-10-22(29-30)17-3-2-13-26-16-17/h2-3,8-16,18-19H,4-7H2,1H3,(H,27,28). The molecule has 0 atom stereocenters. The van der Waals surface area contributed by atoms with E-state index in [0.717, 1.165) is 59.3 Å². The maximum Gasteiger partial charge on any atom is 0.267 e. The number of hydrogen-bond acceptors (Lipinski definition) is 6. The van der Waals surface area contributed by atoms with Gasteiger partial charge in [0.2, 0.25) is 0 Å². The molecular formula is C25H25N5O2. The van der Waals surface area contributed by atoms with Crippen LogP contribution >= 0.6 is 0 Å². The highest BCUT2D eigenvalue weighted by molar-refractivity contribution is 5.92. The van der Waals surface area contributed by atoms with Crippen LogP contribution in [0.15, 0.2) is 71.9 Å². The molecule has 0 radical (unpaired) electrons. The van der Waals surface area contributed by atoms with Crippen LogP contribution in [0.4, 0.5) is 5.69 Å². The molecule has 1 fully saturated rings. The Kier molecular flexibility index (Phi) is 5.54. The molecule has 0 spiro atoms. The van der Waals surface area contributed by atoms with E-state index in [1.54, 1.807) is 36.3 Å². The second-order valence-corrected chi connectivity index (χ2v) is 8.13. The van der Waals surface area contributed by atoms with Crippen molar-refractivity contribution in [1.29, 1.82) is 0 Å². The van der Waals surface area contributed by atoms with Crippen molar-refractivity contribution in [2.45, 2.75) is 37.8 Å². The zero-order valence-corrected chi connectivity index (χ0v) is 17.9. The Morgan fingerprint density at radius 3 is 2.69 bits per heavy atom. The summed E-state index contributed by atoms with van der Waals surface area (Å²) < 4.78 is 7.04. The zero-order valence-electron chi connectivity index (χ0n) is 17.9. The summed E-state index contributed by atoms with van der Waals surface area (Å²) in [5.74, 6) is 0.816. The topological polar surface area (TPSA) is 81.9 Å². The van der Waals surface area contributed by atoms with Gasteiger partial charge >= 0.3 is 0 Å². The van der Waals surface area contributed by atoms with Gasteiger partial charge in [-0.2, -0.15) is 5.10 Å². The molecule has 3 heterocycles. The Morgan fingerprint density at radius 2 is 1.91 bits per heavy atom. The lowest BCUT2D eigenvalue weighted by molar-refractivity contribution is 0.304. The molecule has 0 aliphatic heterocycles. The predicted octanol–water partition coefficient (Wildman–Crippen LogP) is 4.46. The maximum atomic E-state index is 12.5. The summed E-state index contributed by atoms with van der Waals surface area (Å²) in [5, 5.41) is 9.40. The number of hydrogen-bond donors (Lipinski definition) is 1. The van der Waals surface area contributed by atoms with Crippen LogP contribution in [-0.2, 0) is 0 Å². The number of aromatic nitrogens is 4. The fourth-order valence-corrected chi connectivity index (χ4v) is 4.42. The molecule has 1 N–H and O–H groups in total. The molecule has 1 saturated carbocycles. The minimum atomic E-state index is -0.0544. The van der Waals surface area contributed by atoms with Gasteiger partial charge in [-0.25, -0.2) is 4.68 Å². The van der Waals surface area contributed by atoms with Crippen LogP contribution in [0.3, 0.4) is 0 Å². The quantitative estimate of drug-likeness (QED) is 0.506. The number of nitrogens with zero attached hydrogens (tertiary/aromatic N) is 4. The Morgan fingerprint density at radius 1 is 1.03 bits per heavy atom. The summed E-state index contributed by atoms with van der Waals surface area (Å²) in [7, 11) is 1.67. The van der Waals surface area contributed by atoms with Gasteiger partial charge in [-0.1, -0.05) is 0 Å². The molecule has 1 aromatic carbocycles. The molecule has 1 aliphatic rings. The number of rotatable bonds is 5. The summed E-state index contributed by atoms with van der Waals surface area (Å²) in [5.41, 5.74) is 3.63. The first-order valence-corrected chi connectivity index (χ1v) is 10.9. The van der Waals surface area contributed by atoms with Crippen molar-refractivity contribution in [1.82, 2.24) is 19.7 Å². The van der Waals surface area contributed by atoms with Crippen LogP contribution in [0.25, 0.3) is 22.2 Å². The lowest BCUT2D eigenvalue weighted by atomic mass is 9.91. The molecule has 0 saturated heterocycles. The summed E-state index contributed by atoms with van der Waals surface area (Å²) in [6.45, 7) is 0. The van der Waals surface area contributed by atoms with Gasteiger partial charge in [0.15, 0.2) is 0 Å². The lowest BCUT2D eigenvalue weighted by Crippen LogP contribution is -2.33. The molecule has 1 aliphatic carbocycles. The lowest BCUT2D eigenvalue weighted by Gasteiger charge is -2.30. The summed E-state index contributed by atoms with van der Waals surface area (Å²) >= 11 is 0. The van der Waals surface area contributed by atoms with Crippen molar-refractivity contribution in [3.05, 3.63) is 77.5 Å². The van der Waals surface area contributed by atoms with Crippen molar-refractivity contribution >= 4 is 16.6 Å². The minimum absolute atomic E-state index is 0.0544. The summed E-state index contributed by atoms with van der Waals surface area (Å²) in [4.78, 5) is 21.2. The highest BCUT2D eigenvalue weighted by Crippen LogP contribution is 2.32. The number of anilines is 1. The first kappa shape index (κ1) is 20.2. The van der Waals surface area contributed by atoms with E-state index in [1.807, 2.05) is 42.6 Å². The van der Waals surface area contributed by atoms with E-state index in [2.05, 4.69) is 20.4 Å². The SMILES string of the molecule is COc1ccc2nccc(NC3CCC(n4nc(-c5cccnc5)ccc4=O)CC3)c2c1. The van der Waals surface area contributed by atoms with Crippen LogP contribution in [0, 0.1) is 0 Å². The fraction of sp³-hybridized carbons (Fsp3) is 0.280. The van der Waals surface area contributed by atoms with Crippen molar-refractivity contribution in [2.75, 3.05) is 12.4 Å². The molecule has 32 heavy (non-hydrogen) atoms. The van der Waals surface area contributed by atoms with Gasteiger partial charge in [0.25, 0.3) is 5.56 Å². The molecular weight excluding hydrogens is 402 g/mol. The second kappa shape index (κ2) is 8.78. The molecule has 0 amide bonds. The first-order valence-electron chi connectivity index (χ1n) is 10.9. The number of pyridine rings is 2. The van der Waals surface area contributed by atoms with E-state index in [9.17, 15) is 4.79 Å². The van der Waals surface area contributed by atoms with Crippen molar-refractivity contribution in [2.24, 2.45) is 0 Å². The van der Waals surface area contributed by atoms with Gasteiger partial charge in [0.1, 0.15) is 5.75 Å². The van der Waals surface area contributed by atoms with Crippen molar-refractivity contribution < 1.29 is 4.74 Å². The zero-order chi connectivity index (χ0) is 21.9. The molecule has 0 bridgehead atoms. The molecule has 0 unspecified atom stereocenters. The smallest absolute Gasteiger partial charge is 0.267 e. The summed E-state index contributed by atoms with van der Waals surface area (Å²) in [6, 6.07) is 15.6. The minimum Gasteiger partial charge on any atom is -0.497 e. The average molecular weight is 428 g/mol. The Hall–Kier alpha value is -3.74. The van der Waals surface area contributed by atoms with Gasteiger partial charge in [0, 0.05) is 47.3 Å². The van der Waals surface area contributed by atoms with E-state index < -0.39 is 0 Å². The molecule has 7 nitrogen and oxygen atoms in total. The van der Waals surface area contributed by atoms with Gasteiger partial charge in [-0.3, -0.25) is 14.8 Å². The van der Waals surface area contributed by atoms with Gasteiger partial charge < -0.3 is 10.1 Å². The van der Waals surface area contributed by atoms with Gasteiger partial charge in [-0.15, -0.1) is 0 Å². The number of nitrogens with one attached hydrogen (secondary N) is 1. The van der Waals surface area contributed by atoms with E-state index in [4.69, 9.17) is 4.74 Å². The van der Waals surface area contributed by atoms with Crippen LogP contribution in [0.1, 0.15) is 31.7 Å². The Bertz CT molecular complexity index is 1280. The van der Waals surface area contributed by atoms with E-state index >= 15 is 0 Å². The first-order chi connectivity index (χ1) is 15.7. The highest BCUT2D eigenvalue weighted by Gasteiger charge is 2.24. The third-order valence-corrected chi connectivity index (χ3v) is 6.13. The Labute approximate surface area is 186 Å². The molecule has 4 aromatic rings. The molecule has 5 rings (SSSR count). The highest BCUT2D eigenvalue weighted by atomic mass is 16.5. The van der Waals surface area contributed by atoms with Crippen LogP contribution in [-0.4, -0.2) is 32.9 Å². The third kappa shape index (κ3) is 4.06. The van der Waals surface area contributed by atoms with Gasteiger partial charge in [0.05, 0.1) is 24.4 Å². The van der Waals surface area contributed by atoms with Crippen LogP contribution in [0.2, 0.25) is 0 Å². The number of ether oxygens (including phenoxy) is 1. The molecule has 7 heteroatoms. The number of fused-ring (bicyclic) bond motifs is 1. The Balaban J connectivity index is 1.31. The monoisotopic (exact) mass is 427 g/mol. The van der Waals surface area contributed by atoms with Crippen LogP contribution < -0.4 is 15.6 Å². The maximum absolute atomic E-state index is 12.5. The van der Waals surface area contributed by atoms with Crippen molar-refractivity contribution in [3.8, 4) is 17.0 Å². The van der Waals surface area contributed by atoms with E-state index in [0.29, 0.717) is 6.04 Å². The van der Waals surface area contributed by atoms with E-state index in [1.165, 1.54) is 0 Å². The number of methoxy groups -OCH3 is 1.